The van der Waals surface area contributed by atoms with Gasteiger partial charge < -0.3 is 5.32 Å². The summed E-state index contributed by atoms with van der Waals surface area (Å²) in [5.41, 5.74) is 1.29. The molecular formula is C14H20ClN. The number of rotatable bonds is 6. The van der Waals surface area contributed by atoms with Crippen LogP contribution in [0.25, 0.3) is 0 Å². The van der Waals surface area contributed by atoms with Crippen LogP contribution in [0.2, 0.25) is 5.02 Å². The summed E-state index contributed by atoms with van der Waals surface area (Å²) in [7, 11) is 0. The van der Waals surface area contributed by atoms with Crippen molar-refractivity contribution < 1.29 is 0 Å². The van der Waals surface area contributed by atoms with Gasteiger partial charge in [-0.2, -0.15) is 0 Å². The van der Waals surface area contributed by atoms with Gasteiger partial charge in [-0.1, -0.05) is 43.1 Å². The first kappa shape index (κ1) is 11.9. The molecule has 16 heavy (non-hydrogen) atoms. The van der Waals surface area contributed by atoms with Gasteiger partial charge in [0.15, 0.2) is 0 Å². The van der Waals surface area contributed by atoms with Crippen LogP contribution in [0.1, 0.15) is 31.7 Å². The molecule has 0 saturated heterocycles. The molecule has 88 valence electrons. The zero-order chi connectivity index (χ0) is 11.4. The van der Waals surface area contributed by atoms with Gasteiger partial charge in [0.25, 0.3) is 0 Å². The van der Waals surface area contributed by atoms with Crippen LogP contribution in [-0.4, -0.2) is 12.6 Å². The highest BCUT2D eigenvalue weighted by Gasteiger charge is 2.21. The molecule has 2 rings (SSSR count). The molecule has 0 amide bonds. The van der Waals surface area contributed by atoms with Crippen LogP contribution in [0.4, 0.5) is 0 Å². The first-order chi connectivity index (χ1) is 7.79. The Morgan fingerprint density at radius 1 is 1.38 bits per heavy atom. The van der Waals surface area contributed by atoms with E-state index in [-0.39, 0.29) is 0 Å². The van der Waals surface area contributed by atoms with E-state index in [9.17, 15) is 0 Å². The van der Waals surface area contributed by atoms with E-state index < -0.39 is 0 Å². The number of halogens is 1. The Morgan fingerprint density at radius 3 is 2.75 bits per heavy atom. The van der Waals surface area contributed by atoms with Gasteiger partial charge in [-0.25, -0.2) is 0 Å². The van der Waals surface area contributed by atoms with E-state index in [1.165, 1.54) is 24.8 Å². The summed E-state index contributed by atoms with van der Waals surface area (Å²) in [6, 6.07) is 9.00. The first-order valence-corrected chi connectivity index (χ1v) is 6.64. The molecule has 0 radical (unpaired) electrons. The van der Waals surface area contributed by atoms with E-state index in [1.54, 1.807) is 0 Å². The maximum absolute atomic E-state index is 6.18. The highest BCUT2D eigenvalue weighted by Crippen LogP contribution is 2.22. The SMILES string of the molecule is CCC(CNC1CC1)Cc1ccccc1Cl. The molecule has 1 aromatic rings. The zero-order valence-corrected chi connectivity index (χ0v) is 10.6. The lowest BCUT2D eigenvalue weighted by Crippen LogP contribution is -2.25. The Bertz CT molecular complexity index is 333. The van der Waals surface area contributed by atoms with Crippen LogP contribution in [0, 0.1) is 5.92 Å². The molecule has 1 N–H and O–H groups in total. The molecule has 1 aliphatic rings. The van der Waals surface area contributed by atoms with Gasteiger partial charge in [0, 0.05) is 11.1 Å². The molecular weight excluding hydrogens is 218 g/mol. The molecule has 1 fully saturated rings. The predicted molar refractivity (Wildman–Crippen MR) is 70.0 cm³/mol. The third kappa shape index (κ3) is 3.50. The summed E-state index contributed by atoms with van der Waals surface area (Å²) in [5, 5.41) is 4.51. The van der Waals surface area contributed by atoms with Crippen molar-refractivity contribution in [3.05, 3.63) is 34.9 Å². The van der Waals surface area contributed by atoms with Crippen molar-refractivity contribution in [1.82, 2.24) is 5.32 Å². The van der Waals surface area contributed by atoms with Gasteiger partial charge in [0.1, 0.15) is 0 Å². The minimum Gasteiger partial charge on any atom is -0.314 e. The maximum Gasteiger partial charge on any atom is 0.0438 e. The predicted octanol–water partition coefficient (Wildman–Crippen LogP) is 3.66. The summed E-state index contributed by atoms with van der Waals surface area (Å²) in [4.78, 5) is 0. The van der Waals surface area contributed by atoms with Crippen molar-refractivity contribution in [1.29, 1.82) is 0 Å². The Labute approximate surface area is 103 Å². The van der Waals surface area contributed by atoms with Gasteiger partial charge in [-0.15, -0.1) is 0 Å². The van der Waals surface area contributed by atoms with Crippen LogP contribution in [0.3, 0.4) is 0 Å². The fourth-order valence-electron chi connectivity index (χ4n) is 1.96. The van der Waals surface area contributed by atoms with Gasteiger partial charge in [0.2, 0.25) is 0 Å². The summed E-state index contributed by atoms with van der Waals surface area (Å²) in [5.74, 6) is 0.709. The third-order valence-electron chi connectivity index (χ3n) is 3.32. The van der Waals surface area contributed by atoms with Crippen LogP contribution in [-0.2, 0) is 6.42 Å². The smallest absolute Gasteiger partial charge is 0.0438 e. The quantitative estimate of drug-likeness (QED) is 0.796. The molecule has 1 aromatic carbocycles. The monoisotopic (exact) mass is 237 g/mol. The van der Waals surface area contributed by atoms with Crippen molar-refractivity contribution in [2.45, 2.75) is 38.6 Å². The maximum atomic E-state index is 6.18. The fourth-order valence-corrected chi connectivity index (χ4v) is 2.17. The molecule has 1 unspecified atom stereocenters. The minimum absolute atomic E-state index is 0.709. The average molecular weight is 238 g/mol. The standard InChI is InChI=1S/C14H20ClN/c1-2-11(10-16-13-7-8-13)9-12-5-3-4-6-14(12)15/h3-6,11,13,16H,2,7-10H2,1H3. The second-order valence-corrected chi connectivity index (χ2v) is 5.16. The molecule has 0 heterocycles. The van der Waals surface area contributed by atoms with Crippen molar-refractivity contribution >= 4 is 11.6 Å². The van der Waals surface area contributed by atoms with Crippen LogP contribution >= 0.6 is 11.6 Å². The molecule has 0 aliphatic heterocycles. The minimum atomic E-state index is 0.709. The Morgan fingerprint density at radius 2 is 2.12 bits per heavy atom. The lowest BCUT2D eigenvalue weighted by atomic mass is 9.97. The summed E-state index contributed by atoms with van der Waals surface area (Å²) < 4.78 is 0. The fraction of sp³-hybridized carbons (Fsp3) is 0.571. The largest absolute Gasteiger partial charge is 0.314 e. The number of nitrogens with one attached hydrogen (secondary N) is 1. The lowest BCUT2D eigenvalue weighted by Gasteiger charge is -2.16. The van der Waals surface area contributed by atoms with Crippen molar-refractivity contribution in [3.8, 4) is 0 Å². The molecule has 1 aliphatic carbocycles. The number of hydrogen-bond donors (Lipinski definition) is 1. The van der Waals surface area contributed by atoms with E-state index in [0.29, 0.717) is 5.92 Å². The Hall–Kier alpha value is -0.530. The second-order valence-electron chi connectivity index (χ2n) is 4.75. The van der Waals surface area contributed by atoms with E-state index >= 15 is 0 Å². The third-order valence-corrected chi connectivity index (χ3v) is 3.69. The van der Waals surface area contributed by atoms with Gasteiger partial charge in [-0.3, -0.25) is 0 Å². The van der Waals surface area contributed by atoms with E-state index in [2.05, 4.69) is 24.4 Å². The van der Waals surface area contributed by atoms with Gasteiger partial charge >= 0.3 is 0 Å². The summed E-state index contributed by atoms with van der Waals surface area (Å²) in [6.07, 6.45) is 5.03. The molecule has 1 atom stereocenters. The Kier molecular flexibility index (Phi) is 4.25. The van der Waals surface area contributed by atoms with Crippen molar-refractivity contribution in [2.24, 2.45) is 5.92 Å². The topological polar surface area (TPSA) is 12.0 Å². The normalized spacial score (nSPS) is 17.4. The summed E-state index contributed by atoms with van der Waals surface area (Å²) >= 11 is 6.18. The molecule has 1 saturated carbocycles. The van der Waals surface area contributed by atoms with E-state index in [1.807, 2.05) is 12.1 Å². The summed E-state index contributed by atoms with van der Waals surface area (Å²) in [6.45, 7) is 3.39. The molecule has 0 aromatic heterocycles. The van der Waals surface area contributed by atoms with E-state index in [4.69, 9.17) is 11.6 Å². The van der Waals surface area contributed by atoms with Gasteiger partial charge in [-0.05, 0) is 43.4 Å². The van der Waals surface area contributed by atoms with Gasteiger partial charge in [0.05, 0.1) is 0 Å². The van der Waals surface area contributed by atoms with Crippen LogP contribution in [0.5, 0.6) is 0 Å². The molecule has 0 spiro atoms. The highest BCUT2D eigenvalue weighted by molar-refractivity contribution is 6.31. The highest BCUT2D eigenvalue weighted by atomic mass is 35.5. The number of hydrogen-bond acceptors (Lipinski definition) is 1. The lowest BCUT2D eigenvalue weighted by molar-refractivity contribution is 0.459. The zero-order valence-electron chi connectivity index (χ0n) is 9.88. The second kappa shape index (κ2) is 5.70. The molecule has 2 heteroatoms. The van der Waals surface area contributed by atoms with Crippen LogP contribution in [0.15, 0.2) is 24.3 Å². The van der Waals surface area contributed by atoms with Crippen molar-refractivity contribution in [3.63, 3.8) is 0 Å². The molecule has 0 bridgehead atoms. The van der Waals surface area contributed by atoms with E-state index in [0.717, 1.165) is 24.0 Å². The van der Waals surface area contributed by atoms with Crippen LogP contribution < -0.4 is 5.32 Å². The molecule has 1 nitrogen and oxygen atoms in total. The van der Waals surface area contributed by atoms with Crippen molar-refractivity contribution in [2.75, 3.05) is 6.54 Å². The Balaban J connectivity index is 1.87. The average Bonchev–Trinajstić information content (AvgIpc) is 3.10. The number of benzene rings is 1. The first-order valence-electron chi connectivity index (χ1n) is 6.26.